The van der Waals surface area contributed by atoms with Gasteiger partial charge in [0.05, 0.1) is 11.0 Å². The number of nitrogens with one attached hydrogen (secondary N) is 3. The zero-order valence-corrected chi connectivity index (χ0v) is 21.4. The van der Waals surface area contributed by atoms with E-state index in [0.29, 0.717) is 23.7 Å². The quantitative estimate of drug-likeness (QED) is 0.228. The molecule has 5 rings (SSSR count). The van der Waals surface area contributed by atoms with E-state index in [4.69, 9.17) is 0 Å². The highest BCUT2D eigenvalue weighted by atomic mass is 32.2. The Morgan fingerprint density at radius 2 is 1.63 bits per heavy atom. The van der Waals surface area contributed by atoms with Gasteiger partial charge in [-0.25, -0.2) is 4.98 Å². The number of nitrogens with zero attached hydrogens (tertiary/aromatic N) is 2. The van der Waals surface area contributed by atoms with Crippen molar-refractivity contribution >= 4 is 34.6 Å². The number of carbonyl (C=O) groups is 2. The predicted molar refractivity (Wildman–Crippen MR) is 151 cm³/mol. The van der Waals surface area contributed by atoms with Crippen LogP contribution >= 0.6 is 11.8 Å². The Kier molecular flexibility index (Phi) is 8.10. The van der Waals surface area contributed by atoms with Gasteiger partial charge in [0.1, 0.15) is 11.9 Å². The highest BCUT2D eigenvalue weighted by Crippen LogP contribution is 2.21. The molecule has 0 spiro atoms. The molecule has 0 aliphatic carbocycles. The fourth-order valence-electron chi connectivity index (χ4n) is 4.02. The van der Waals surface area contributed by atoms with Gasteiger partial charge in [-0.15, -0.1) is 11.8 Å². The minimum atomic E-state index is -0.701. The summed E-state index contributed by atoms with van der Waals surface area (Å²) in [6.07, 6.45) is 4.13. The minimum absolute atomic E-state index is 0.208. The van der Waals surface area contributed by atoms with E-state index in [1.54, 1.807) is 30.6 Å². The Bertz CT molecular complexity index is 1510. The van der Waals surface area contributed by atoms with E-state index in [2.05, 4.69) is 25.6 Å². The number of hydrogen-bond donors (Lipinski definition) is 3. The summed E-state index contributed by atoms with van der Waals surface area (Å²) < 4.78 is 0. The van der Waals surface area contributed by atoms with Crippen LogP contribution < -0.4 is 10.6 Å². The summed E-state index contributed by atoms with van der Waals surface area (Å²) in [5, 5.41) is 5.93. The molecular formula is C30H27N5O2S. The number of pyridine rings is 1. The van der Waals surface area contributed by atoms with Crippen LogP contribution in [0.1, 0.15) is 15.9 Å². The first-order valence-electron chi connectivity index (χ1n) is 12.4. The highest BCUT2D eigenvalue weighted by Gasteiger charge is 2.22. The smallest absolute Gasteiger partial charge is 0.252 e. The summed E-state index contributed by atoms with van der Waals surface area (Å²) in [5.74, 6) is 0.588. The lowest BCUT2D eigenvalue weighted by atomic mass is 10.1. The van der Waals surface area contributed by atoms with Crippen LogP contribution in [0.5, 0.6) is 0 Å². The van der Waals surface area contributed by atoms with E-state index < -0.39 is 6.04 Å². The number of benzene rings is 3. The maximum atomic E-state index is 13.2. The number of amides is 2. The Balaban J connectivity index is 1.28. The second-order valence-corrected chi connectivity index (χ2v) is 9.82. The molecule has 0 radical (unpaired) electrons. The van der Waals surface area contributed by atoms with Crippen molar-refractivity contribution in [3.05, 3.63) is 115 Å². The van der Waals surface area contributed by atoms with Gasteiger partial charge in [-0.3, -0.25) is 14.6 Å². The number of carbonyl (C=O) groups excluding carboxylic acids is 2. The average molecular weight is 522 g/mol. The number of hydrogen-bond acceptors (Lipinski definition) is 5. The topological polar surface area (TPSA) is 99.8 Å². The van der Waals surface area contributed by atoms with Crippen LogP contribution in [0.4, 0.5) is 0 Å². The van der Waals surface area contributed by atoms with Crippen LogP contribution in [-0.2, 0) is 11.2 Å². The predicted octanol–water partition coefficient (Wildman–Crippen LogP) is 4.87. The van der Waals surface area contributed by atoms with E-state index in [0.717, 1.165) is 33.5 Å². The summed E-state index contributed by atoms with van der Waals surface area (Å²) in [7, 11) is 0. The van der Waals surface area contributed by atoms with E-state index in [-0.39, 0.29) is 11.8 Å². The molecule has 7 nitrogen and oxygen atoms in total. The number of fused-ring (bicyclic) bond motifs is 1. The van der Waals surface area contributed by atoms with Crippen molar-refractivity contribution in [3.63, 3.8) is 0 Å². The second-order valence-electron chi connectivity index (χ2n) is 8.73. The van der Waals surface area contributed by atoms with Crippen LogP contribution in [0.2, 0.25) is 0 Å². The molecule has 0 saturated carbocycles. The fourth-order valence-corrected chi connectivity index (χ4v) is 4.96. The molecule has 2 amide bonds. The van der Waals surface area contributed by atoms with Crippen molar-refractivity contribution in [2.24, 2.45) is 0 Å². The Hall–Kier alpha value is -4.43. The fraction of sp³-hybridized carbons (Fsp3) is 0.133. The number of imidazole rings is 1. The number of aromatic amines is 1. The molecule has 3 N–H and O–H groups in total. The molecule has 0 fully saturated rings. The lowest BCUT2D eigenvalue weighted by molar-refractivity contribution is -0.122. The van der Waals surface area contributed by atoms with Gasteiger partial charge < -0.3 is 15.6 Å². The zero-order valence-electron chi connectivity index (χ0n) is 20.6. The van der Waals surface area contributed by atoms with Gasteiger partial charge in [0, 0.05) is 40.7 Å². The van der Waals surface area contributed by atoms with Gasteiger partial charge in [0.25, 0.3) is 5.91 Å². The van der Waals surface area contributed by atoms with Gasteiger partial charge in [-0.05, 0) is 54.4 Å². The largest absolute Gasteiger partial charge is 0.354 e. The molecule has 0 saturated heterocycles. The van der Waals surface area contributed by atoms with Gasteiger partial charge in [-0.1, -0.05) is 48.5 Å². The molecule has 2 aromatic heterocycles. The van der Waals surface area contributed by atoms with Crippen LogP contribution in [-0.4, -0.2) is 45.1 Å². The van der Waals surface area contributed by atoms with Crippen molar-refractivity contribution in [2.45, 2.75) is 17.4 Å². The summed E-state index contributed by atoms with van der Waals surface area (Å²) in [5.41, 5.74) is 4.00. The lowest BCUT2D eigenvalue weighted by Gasteiger charge is -2.18. The summed E-state index contributed by atoms with van der Waals surface area (Å²) in [4.78, 5) is 39.3. The normalized spacial score (nSPS) is 11.7. The number of H-pyrrole nitrogens is 1. The van der Waals surface area contributed by atoms with Crippen LogP contribution in [0.15, 0.2) is 108 Å². The SMILES string of the molecule is O=C(N[C@@H](CSc1ccccc1)C(=O)NCCc1ccccc1)c1ccc2nc(-c3ccncc3)[nH]c2c1. The van der Waals surface area contributed by atoms with Crippen molar-refractivity contribution in [1.29, 1.82) is 0 Å². The maximum absolute atomic E-state index is 13.2. The number of thioether (sulfide) groups is 1. The molecule has 190 valence electrons. The molecule has 5 aromatic rings. The Morgan fingerprint density at radius 1 is 0.895 bits per heavy atom. The Morgan fingerprint density at radius 3 is 2.39 bits per heavy atom. The molecule has 8 heteroatoms. The first kappa shape index (κ1) is 25.2. The van der Waals surface area contributed by atoms with Crippen LogP contribution in [0.3, 0.4) is 0 Å². The first-order chi connectivity index (χ1) is 18.7. The second kappa shape index (κ2) is 12.2. The van der Waals surface area contributed by atoms with Gasteiger partial charge in [0.15, 0.2) is 0 Å². The van der Waals surface area contributed by atoms with Crippen LogP contribution in [0.25, 0.3) is 22.4 Å². The van der Waals surface area contributed by atoms with Crippen molar-refractivity contribution in [1.82, 2.24) is 25.6 Å². The summed E-state index contributed by atoms with van der Waals surface area (Å²) in [6.45, 7) is 0.489. The maximum Gasteiger partial charge on any atom is 0.252 e. The summed E-state index contributed by atoms with van der Waals surface area (Å²) >= 11 is 1.53. The van der Waals surface area contributed by atoms with Gasteiger partial charge >= 0.3 is 0 Å². The average Bonchev–Trinajstić information content (AvgIpc) is 3.40. The zero-order chi connectivity index (χ0) is 26.2. The Labute approximate surface area is 225 Å². The molecule has 1 atom stereocenters. The van der Waals surface area contributed by atoms with E-state index in [1.165, 1.54) is 11.8 Å². The molecule has 0 bridgehead atoms. The molecule has 38 heavy (non-hydrogen) atoms. The summed E-state index contributed by atoms with van der Waals surface area (Å²) in [6, 6.07) is 28.2. The minimum Gasteiger partial charge on any atom is -0.354 e. The van der Waals surface area contributed by atoms with E-state index in [1.807, 2.05) is 72.8 Å². The molecule has 0 aliphatic heterocycles. The first-order valence-corrected chi connectivity index (χ1v) is 13.3. The van der Waals surface area contributed by atoms with Crippen molar-refractivity contribution < 1.29 is 9.59 Å². The molecule has 3 aromatic carbocycles. The van der Waals surface area contributed by atoms with Gasteiger partial charge in [0.2, 0.25) is 5.91 Å². The van der Waals surface area contributed by atoms with Crippen LogP contribution in [0, 0.1) is 0 Å². The van der Waals surface area contributed by atoms with Gasteiger partial charge in [-0.2, -0.15) is 0 Å². The van der Waals surface area contributed by atoms with E-state index >= 15 is 0 Å². The van der Waals surface area contributed by atoms with E-state index in [9.17, 15) is 9.59 Å². The number of aromatic nitrogens is 3. The lowest BCUT2D eigenvalue weighted by Crippen LogP contribution is -2.48. The molecule has 0 unspecified atom stereocenters. The molecule has 0 aliphatic rings. The highest BCUT2D eigenvalue weighted by molar-refractivity contribution is 7.99. The van der Waals surface area contributed by atoms with Crippen molar-refractivity contribution in [2.75, 3.05) is 12.3 Å². The standard InChI is InChI=1S/C30H27N5O2S/c36-29(23-11-12-25-26(19-23)34-28(33-25)22-14-16-31-17-15-22)35-27(20-38-24-9-5-2-6-10-24)30(37)32-18-13-21-7-3-1-4-8-21/h1-12,14-17,19,27H,13,18,20H2,(H,32,37)(H,33,34)(H,35,36)/t27-/m0/s1. The third kappa shape index (κ3) is 6.46. The monoisotopic (exact) mass is 521 g/mol. The molecule has 2 heterocycles. The van der Waals surface area contributed by atoms with Crippen molar-refractivity contribution in [3.8, 4) is 11.4 Å². The third-order valence-electron chi connectivity index (χ3n) is 6.04. The molecular weight excluding hydrogens is 494 g/mol. The number of rotatable bonds is 10. The third-order valence-corrected chi connectivity index (χ3v) is 7.14.